The predicted octanol–water partition coefficient (Wildman–Crippen LogP) is 1.39. The molecule has 1 N–H and O–H groups in total. The number of carbonyl (C=O) groups excluding carboxylic acids is 2. The number of nitrogens with one attached hydrogen (secondary N) is 1. The lowest BCUT2D eigenvalue weighted by Crippen LogP contribution is -2.52. The number of nitrogens with zero attached hydrogens (tertiary/aromatic N) is 3. The van der Waals surface area contributed by atoms with Gasteiger partial charge in [0, 0.05) is 12.6 Å². The zero-order valence-electron chi connectivity index (χ0n) is 14.0. The molecule has 0 bridgehead atoms. The molecular formula is C16H24N4O3S. The fourth-order valence-corrected chi connectivity index (χ4v) is 3.95. The van der Waals surface area contributed by atoms with Gasteiger partial charge in [0.1, 0.15) is 4.88 Å². The Kier molecular flexibility index (Phi) is 5.78. The van der Waals surface area contributed by atoms with Crippen molar-refractivity contribution in [3.8, 4) is 0 Å². The van der Waals surface area contributed by atoms with Gasteiger partial charge < -0.3 is 15.0 Å². The van der Waals surface area contributed by atoms with Crippen LogP contribution in [0.4, 0.5) is 0 Å². The maximum absolute atomic E-state index is 12.7. The molecule has 8 heteroatoms. The molecule has 2 heterocycles. The fraction of sp³-hybridized carbons (Fsp3) is 0.750. The van der Waals surface area contributed by atoms with Crippen LogP contribution in [0.1, 0.15) is 54.4 Å². The predicted molar refractivity (Wildman–Crippen MR) is 89.9 cm³/mol. The van der Waals surface area contributed by atoms with Gasteiger partial charge in [0.2, 0.25) is 0 Å². The van der Waals surface area contributed by atoms with Crippen molar-refractivity contribution in [1.29, 1.82) is 0 Å². The minimum Gasteiger partial charge on any atom is -0.365 e. The molecule has 7 nitrogen and oxygen atoms in total. The second kappa shape index (κ2) is 8.02. The van der Waals surface area contributed by atoms with Gasteiger partial charge in [-0.15, -0.1) is 5.10 Å². The number of hydrogen-bond donors (Lipinski definition) is 1. The van der Waals surface area contributed by atoms with E-state index in [9.17, 15) is 9.59 Å². The molecule has 1 atom stereocenters. The Morgan fingerprint density at radius 3 is 2.92 bits per heavy atom. The number of aromatic nitrogens is 2. The van der Waals surface area contributed by atoms with Crippen molar-refractivity contribution in [3.63, 3.8) is 0 Å². The van der Waals surface area contributed by atoms with Crippen LogP contribution >= 0.6 is 11.5 Å². The zero-order chi connectivity index (χ0) is 16.9. The summed E-state index contributed by atoms with van der Waals surface area (Å²) in [5.74, 6) is -0.189. The van der Waals surface area contributed by atoms with E-state index in [4.69, 9.17) is 4.74 Å². The highest BCUT2D eigenvalue weighted by Gasteiger charge is 2.32. The van der Waals surface area contributed by atoms with Crippen LogP contribution in [0.3, 0.4) is 0 Å². The van der Waals surface area contributed by atoms with Gasteiger partial charge in [-0.25, -0.2) is 0 Å². The van der Waals surface area contributed by atoms with E-state index in [-0.39, 0.29) is 17.9 Å². The molecular weight excluding hydrogens is 328 g/mol. The van der Waals surface area contributed by atoms with Crippen molar-refractivity contribution in [2.75, 3.05) is 19.7 Å². The van der Waals surface area contributed by atoms with E-state index < -0.39 is 6.10 Å². The summed E-state index contributed by atoms with van der Waals surface area (Å²) in [6, 6.07) is 0.258. The van der Waals surface area contributed by atoms with Crippen molar-refractivity contribution in [1.82, 2.24) is 19.8 Å². The number of rotatable bonds is 5. The van der Waals surface area contributed by atoms with Crippen LogP contribution in [0, 0.1) is 0 Å². The Hall–Kier alpha value is -1.54. The number of hydrogen-bond acceptors (Lipinski definition) is 6. The summed E-state index contributed by atoms with van der Waals surface area (Å²) in [5.41, 5.74) is 0.756. The summed E-state index contributed by atoms with van der Waals surface area (Å²) >= 11 is 1.13. The molecule has 2 amide bonds. The first-order valence-electron chi connectivity index (χ1n) is 8.71. The van der Waals surface area contributed by atoms with Crippen LogP contribution in [0.5, 0.6) is 0 Å². The number of ether oxygens (including phenoxy) is 1. The standard InChI is InChI=1S/C16H24N4O3S/c1-2-5-12-14(24-19-18-12)16(22)20-8-9-23-13(10-20)15(21)17-11-6-3-4-7-11/h11,13H,2-10H2,1H3,(H,17,21). The van der Waals surface area contributed by atoms with E-state index in [0.717, 1.165) is 42.9 Å². The van der Waals surface area contributed by atoms with Gasteiger partial charge in [-0.2, -0.15) is 0 Å². The van der Waals surface area contributed by atoms with Crippen molar-refractivity contribution >= 4 is 23.3 Å². The maximum Gasteiger partial charge on any atom is 0.267 e. The molecule has 132 valence electrons. The molecule has 0 radical (unpaired) electrons. The van der Waals surface area contributed by atoms with Crippen LogP contribution in [0.15, 0.2) is 0 Å². The molecule has 1 aromatic heterocycles. The van der Waals surface area contributed by atoms with Crippen molar-refractivity contribution in [2.24, 2.45) is 0 Å². The molecule has 3 rings (SSSR count). The Balaban J connectivity index is 1.61. The van der Waals surface area contributed by atoms with Crippen LogP contribution in [0.25, 0.3) is 0 Å². The molecule has 1 aromatic rings. The Morgan fingerprint density at radius 1 is 1.38 bits per heavy atom. The minimum absolute atomic E-state index is 0.0876. The van der Waals surface area contributed by atoms with E-state index in [0.29, 0.717) is 24.6 Å². The average Bonchev–Trinajstić information content (AvgIpc) is 3.26. The second-order valence-electron chi connectivity index (χ2n) is 6.40. The van der Waals surface area contributed by atoms with Crippen molar-refractivity contribution in [2.45, 2.75) is 57.6 Å². The van der Waals surface area contributed by atoms with Gasteiger partial charge in [0.15, 0.2) is 6.10 Å². The first kappa shape index (κ1) is 17.3. The largest absolute Gasteiger partial charge is 0.365 e. The van der Waals surface area contributed by atoms with Gasteiger partial charge in [-0.1, -0.05) is 30.7 Å². The number of aryl methyl sites for hydroxylation is 1. The van der Waals surface area contributed by atoms with Crippen LogP contribution in [-0.4, -0.2) is 58.1 Å². The molecule has 0 aromatic carbocycles. The van der Waals surface area contributed by atoms with E-state index in [1.165, 1.54) is 12.8 Å². The Morgan fingerprint density at radius 2 is 2.17 bits per heavy atom. The van der Waals surface area contributed by atoms with E-state index in [1.807, 2.05) is 6.92 Å². The van der Waals surface area contributed by atoms with Crippen molar-refractivity contribution in [3.05, 3.63) is 10.6 Å². The summed E-state index contributed by atoms with van der Waals surface area (Å²) in [6.07, 6.45) is 5.48. The molecule has 24 heavy (non-hydrogen) atoms. The molecule has 1 saturated heterocycles. The number of amides is 2. The van der Waals surface area contributed by atoms with Gasteiger partial charge in [-0.05, 0) is 30.8 Å². The lowest BCUT2D eigenvalue weighted by molar-refractivity contribution is -0.137. The summed E-state index contributed by atoms with van der Waals surface area (Å²) in [5, 5.41) is 7.11. The second-order valence-corrected chi connectivity index (χ2v) is 7.15. The first-order valence-corrected chi connectivity index (χ1v) is 9.49. The Bertz CT molecular complexity index is 586. The summed E-state index contributed by atoms with van der Waals surface area (Å²) in [4.78, 5) is 27.4. The summed E-state index contributed by atoms with van der Waals surface area (Å²) in [6.45, 7) is 3.21. The van der Waals surface area contributed by atoms with E-state index >= 15 is 0 Å². The SMILES string of the molecule is CCCc1nnsc1C(=O)N1CCOC(C(=O)NC2CCCC2)C1. The van der Waals surface area contributed by atoms with Crippen LogP contribution in [-0.2, 0) is 16.0 Å². The van der Waals surface area contributed by atoms with Gasteiger partial charge in [0.05, 0.1) is 18.8 Å². The molecule has 1 aliphatic carbocycles. The minimum atomic E-state index is -0.584. The Labute approximate surface area is 145 Å². The average molecular weight is 352 g/mol. The van der Waals surface area contributed by atoms with Crippen LogP contribution in [0.2, 0.25) is 0 Å². The highest BCUT2D eigenvalue weighted by Crippen LogP contribution is 2.20. The topological polar surface area (TPSA) is 84.4 Å². The summed E-state index contributed by atoms with van der Waals surface area (Å²) in [7, 11) is 0. The third-order valence-corrected chi connectivity index (χ3v) is 5.34. The fourth-order valence-electron chi connectivity index (χ4n) is 3.27. The molecule has 2 aliphatic rings. The highest BCUT2D eigenvalue weighted by molar-refractivity contribution is 7.08. The van der Waals surface area contributed by atoms with Crippen LogP contribution < -0.4 is 5.32 Å². The van der Waals surface area contributed by atoms with E-state index in [2.05, 4.69) is 14.9 Å². The van der Waals surface area contributed by atoms with Gasteiger partial charge >= 0.3 is 0 Å². The smallest absolute Gasteiger partial charge is 0.267 e. The monoisotopic (exact) mass is 352 g/mol. The van der Waals surface area contributed by atoms with Gasteiger partial charge in [0.25, 0.3) is 11.8 Å². The third kappa shape index (κ3) is 3.92. The number of carbonyl (C=O) groups is 2. The first-order chi connectivity index (χ1) is 11.7. The molecule has 2 fully saturated rings. The molecule has 0 spiro atoms. The quantitative estimate of drug-likeness (QED) is 0.866. The third-order valence-electron chi connectivity index (χ3n) is 4.58. The normalized spacial score (nSPS) is 21.9. The highest BCUT2D eigenvalue weighted by atomic mass is 32.1. The van der Waals surface area contributed by atoms with Crippen molar-refractivity contribution < 1.29 is 14.3 Å². The molecule has 1 unspecified atom stereocenters. The maximum atomic E-state index is 12.7. The lowest BCUT2D eigenvalue weighted by Gasteiger charge is -2.32. The van der Waals surface area contributed by atoms with E-state index in [1.54, 1.807) is 4.90 Å². The lowest BCUT2D eigenvalue weighted by atomic mass is 10.2. The summed E-state index contributed by atoms with van der Waals surface area (Å²) < 4.78 is 9.50. The molecule has 1 aliphatic heterocycles. The molecule has 1 saturated carbocycles. The number of morpholine rings is 1. The van der Waals surface area contributed by atoms with Gasteiger partial charge in [-0.3, -0.25) is 9.59 Å². The zero-order valence-corrected chi connectivity index (χ0v) is 14.8.